The first-order valence-corrected chi connectivity index (χ1v) is 6.37. The van der Waals surface area contributed by atoms with Gasteiger partial charge in [-0.25, -0.2) is 4.98 Å². The van der Waals surface area contributed by atoms with Crippen molar-refractivity contribution in [3.63, 3.8) is 0 Å². The Morgan fingerprint density at radius 1 is 1.22 bits per heavy atom. The number of aromatic nitrogens is 1. The van der Waals surface area contributed by atoms with E-state index >= 15 is 0 Å². The summed E-state index contributed by atoms with van der Waals surface area (Å²) >= 11 is 3.25. The van der Waals surface area contributed by atoms with Crippen LogP contribution < -0.4 is 0 Å². The molecule has 0 bridgehead atoms. The molecule has 18 heavy (non-hydrogen) atoms. The van der Waals surface area contributed by atoms with Gasteiger partial charge in [0.15, 0.2) is 0 Å². The summed E-state index contributed by atoms with van der Waals surface area (Å²) in [5, 5.41) is 0. The number of benzene rings is 1. The Labute approximate surface area is 115 Å². The number of hydrogen-bond donors (Lipinski definition) is 0. The van der Waals surface area contributed by atoms with Gasteiger partial charge < -0.3 is 4.90 Å². The predicted octanol–water partition coefficient (Wildman–Crippen LogP) is 3.12. The second-order valence-electron chi connectivity index (χ2n) is 4.02. The van der Waals surface area contributed by atoms with Crippen molar-refractivity contribution in [1.29, 1.82) is 0 Å². The van der Waals surface area contributed by atoms with Crippen LogP contribution in [0.5, 0.6) is 0 Å². The van der Waals surface area contributed by atoms with Crippen molar-refractivity contribution >= 4 is 21.8 Å². The molecule has 0 radical (unpaired) electrons. The SMILES string of the molecule is CN(Cc1ccccc1)C(=O)c1ccc(Br)nc1. The molecule has 0 spiro atoms. The van der Waals surface area contributed by atoms with Crippen molar-refractivity contribution in [1.82, 2.24) is 9.88 Å². The van der Waals surface area contributed by atoms with Gasteiger partial charge in [0.25, 0.3) is 5.91 Å². The van der Waals surface area contributed by atoms with Crippen LogP contribution in [0.4, 0.5) is 0 Å². The normalized spacial score (nSPS) is 10.1. The largest absolute Gasteiger partial charge is 0.337 e. The number of halogens is 1. The van der Waals surface area contributed by atoms with Crippen molar-refractivity contribution < 1.29 is 4.79 Å². The van der Waals surface area contributed by atoms with E-state index in [4.69, 9.17) is 0 Å². The molecule has 0 atom stereocenters. The third-order valence-corrected chi connectivity index (χ3v) is 3.05. The van der Waals surface area contributed by atoms with Crippen LogP contribution in [0.1, 0.15) is 15.9 Å². The number of hydrogen-bond acceptors (Lipinski definition) is 2. The monoisotopic (exact) mass is 304 g/mol. The molecule has 0 saturated heterocycles. The Hall–Kier alpha value is -1.68. The van der Waals surface area contributed by atoms with Gasteiger partial charge in [-0.2, -0.15) is 0 Å². The summed E-state index contributed by atoms with van der Waals surface area (Å²) in [5.74, 6) is -0.0288. The second kappa shape index (κ2) is 5.78. The zero-order valence-corrected chi connectivity index (χ0v) is 11.6. The van der Waals surface area contributed by atoms with Gasteiger partial charge in [-0.1, -0.05) is 30.3 Å². The molecule has 1 amide bonds. The highest BCUT2D eigenvalue weighted by atomic mass is 79.9. The van der Waals surface area contributed by atoms with E-state index in [1.807, 2.05) is 30.3 Å². The molecule has 1 aromatic heterocycles. The van der Waals surface area contributed by atoms with Gasteiger partial charge in [-0.3, -0.25) is 4.79 Å². The molecule has 0 aliphatic heterocycles. The highest BCUT2D eigenvalue weighted by molar-refractivity contribution is 9.10. The van der Waals surface area contributed by atoms with E-state index in [2.05, 4.69) is 20.9 Å². The fourth-order valence-electron chi connectivity index (χ4n) is 1.65. The summed E-state index contributed by atoms with van der Waals surface area (Å²) in [5.41, 5.74) is 1.70. The quantitative estimate of drug-likeness (QED) is 0.816. The van der Waals surface area contributed by atoms with E-state index in [9.17, 15) is 4.79 Å². The van der Waals surface area contributed by atoms with Crippen molar-refractivity contribution in [2.24, 2.45) is 0 Å². The van der Waals surface area contributed by atoms with E-state index in [0.29, 0.717) is 12.1 Å². The summed E-state index contributed by atoms with van der Waals surface area (Å²) in [6, 6.07) is 13.4. The summed E-state index contributed by atoms with van der Waals surface area (Å²) in [7, 11) is 1.79. The van der Waals surface area contributed by atoms with Gasteiger partial charge >= 0.3 is 0 Å². The number of nitrogens with zero attached hydrogens (tertiary/aromatic N) is 2. The van der Waals surface area contributed by atoms with E-state index in [-0.39, 0.29) is 5.91 Å². The molecule has 1 aromatic carbocycles. The van der Waals surface area contributed by atoms with Crippen LogP contribution in [0, 0.1) is 0 Å². The molecule has 0 aliphatic rings. The van der Waals surface area contributed by atoms with E-state index in [0.717, 1.165) is 10.2 Å². The average molecular weight is 305 g/mol. The highest BCUT2D eigenvalue weighted by Gasteiger charge is 2.11. The Balaban J connectivity index is 2.07. The van der Waals surface area contributed by atoms with Crippen LogP contribution in [0.25, 0.3) is 0 Å². The number of rotatable bonds is 3. The summed E-state index contributed by atoms with van der Waals surface area (Å²) in [6.07, 6.45) is 1.58. The van der Waals surface area contributed by atoms with Gasteiger partial charge in [0.2, 0.25) is 0 Å². The standard InChI is InChI=1S/C14H13BrN2O/c1-17(10-11-5-3-2-4-6-11)14(18)12-7-8-13(15)16-9-12/h2-9H,10H2,1H3. The van der Waals surface area contributed by atoms with Crippen LogP contribution in [0.15, 0.2) is 53.3 Å². The summed E-state index contributed by atoms with van der Waals surface area (Å²) < 4.78 is 0.727. The maximum Gasteiger partial charge on any atom is 0.255 e. The number of pyridine rings is 1. The number of carbonyl (C=O) groups excluding carboxylic acids is 1. The van der Waals surface area contributed by atoms with Crippen molar-refractivity contribution in [2.45, 2.75) is 6.54 Å². The third-order valence-electron chi connectivity index (χ3n) is 2.58. The minimum atomic E-state index is -0.0288. The van der Waals surface area contributed by atoms with Crippen LogP contribution >= 0.6 is 15.9 Å². The molecule has 3 nitrogen and oxygen atoms in total. The average Bonchev–Trinajstić information content (AvgIpc) is 2.40. The molecule has 2 aromatic rings. The first kappa shape index (κ1) is 12.8. The van der Waals surface area contributed by atoms with E-state index < -0.39 is 0 Å². The van der Waals surface area contributed by atoms with E-state index in [1.54, 1.807) is 30.3 Å². The number of amides is 1. The first-order chi connectivity index (χ1) is 8.66. The minimum absolute atomic E-state index is 0.0288. The molecule has 4 heteroatoms. The number of carbonyl (C=O) groups is 1. The molecular formula is C14H13BrN2O. The lowest BCUT2D eigenvalue weighted by molar-refractivity contribution is 0.0784. The zero-order valence-electron chi connectivity index (χ0n) is 10.0. The van der Waals surface area contributed by atoms with Crippen LogP contribution in [0.3, 0.4) is 0 Å². The molecule has 0 fully saturated rings. The Kier molecular flexibility index (Phi) is 4.10. The third kappa shape index (κ3) is 3.17. The first-order valence-electron chi connectivity index (χ1n) is 5.58. The van der Waals surface area contributed by atoms with Crippen LogP contribution in [-0.4, -0.2) is 22.8 Å². The molecular weight excluding hydrogens is 292 g/mol. The lowest BCUT2D eigenvalue weighted by Gasteiger charge is -2.17. The molecule has 0 aliphatic carbocycles. The van der Waals surface area contributed by atoms with Crippen LogP contribution in [-0.2, 0) is 6.54 Å². The topological polar surface area (TPSA) is 33.2 Å². The predicted molar refractivity (Wildman–Crippen MR) is 74.2 cm³/mol. The summed E-state index contributed by atoms with van der Waals surface area (Å²) in [6.45, 7) is 0.593. The second-order valence-corrected chi connectivity index (χ2v) is 4.83. The Morgan fingerprint density at radius 3 is 2.56 bits per heavy atom. The Morgan fingerprint density at radius 2 is 1.94 bits per heavy atom. The van der Waals surface area contributed by atoms with Crippen molar-refractivity contribution in [3.8, 4) is 0 Å². The fraction of sp³-hybridized carbons (Fsp3) is 0.143. The maximum absolute atomic E-state index is 12.1. The zero-order chi connectivity index (χ0) is 13.0. The van der Waals surface area contributed by atoms with Gasteiger partial charge in [0.05, 0.1) is 5.56 Å². The van der Waals surface area contributed by atoms with E-state index in [1.165, 1.54) is 0 Å². The van der Waals surface area contributed by atoms with Gasteiger partial charge in [0.1, 0.15) is 4.60 Å². The lowest BCUT2D eigenvalue weighted by Crippen LogP contribution is -2.26. The van der Waals surface area contributed by atoms with Gasteiger partial charge in [0, 0.05) is 19.8 Å². The molecule has 2 rings (SSSR count). The highest BCUT2D eigenvalue weighted by Crippen LogP contribution is 2.10. The summed E-state index contributed by atoms with van der Waals surface area (Å²) in [4.78, 5) is 17.9. The maximum atomic E-state index is 12.1. The Bertz CT molecular complexity index is 525. The lowest BCUT2D eigenvalue weighted by atomic mass is 10.2. The molecule has 0 saturated carbocycles. The fourth-order valence-corrected chi connectivity index (χ4v) is 1.89. The van der Waals surface area contributed by atoms with Crippen molar-refractivity contribution in [2.75, 3.05) is 7.05 Å². The molecule has 1 heterocycles. The molecule has 0 N–H and O–H groups in total. The van der Waals surface area contributed by atoms with Gasteiger partial charge in [-0.05, 0) is 33.6 Å². The smallest absolute Gasteiger partial charge is 0.255 e. The van der Waals surface area contributed by atoms with Crippen molar-refractivity contribution in [3.05, 3.63) is 64.4 Å². The van der Waals surface area contributed by atoms with Gasteiger partial charge in [-0.15, -0.1) is 0 Å². The van der Waals surface area contributed by atoms with Crippen LogP contribution in [0.2, 0.25) is 0 Å². The molecule has 92 valence electrons. The molecule has 0 unspecified atom stereocenters. The minimum Gasteiger partial charge on any atom is -0.337 e.